The van der Waals surface area contributed by atoms with Crippen LogP contribution in [0.25, 0.3) is 22.2 Å². The minimum absolute atomic E-state index is 0.185. The molecular weight excluding hydrogens is 342 g/mol. The molecule has 0 saturated heterocycles. The van der Waals surface area contributed by atoms with E-state index >= 15 is 0 Å². The number of amidine groups is 2. The van der Waals surface area contributed by atoms with Gasteiger partial charge in [-0.3, -0.25) is 10.8 Å². The maximum absolute atomic E-state index is 7.20. The van der Waals surface area contributed by atoms with Gasteiger partial charge in [0, 0.05) is 27.7 Å². The average Bonchev–Trinajstić information content (AvgIpc) is 3.04. The first-order valence-corrected chi connectivity index (χ1v) is 7.94. The van der Waals surface area contributed by atoms with Crippen LogP contribution in [0.4, 0.5) is 0 Å². The quantitative estimate of drug-likeness (QED) is 0.271. The third-order valence-electron chi connectivity index (χ3n) is 3.89. The van der Waals surface area contributed by atoms with Gasteiger partial charge in [-0.25, -0.2) is 0 Å². The Morgan fingerprint density at radius 1 is 0.741 bits per heavy atom. The Hall–Kier alpha value is -4.14. The fourth-order valence-electron chi connectivity index (χ4n) is 2.65. The number of rotatable bonds is 3. The summed E-state index contributed by atoms with van der Waals surface area (Å²) >= 11 is 0. The zero-order valence-corrected chi connectivity index (χ0v) is 14.3. The van der Waals surface area contributed by atoms with Crippen LogP contribution < -0.4 is 22.9 Å². The van der Waals surface area contributed by atoms with Crippen molar-refractivity contribution in [2.45, 2.75) is 0 Å². The van der Waals surface area contributed by atoms with Crippen molar-refractivity contribution in [1.82, 2.24) is 4.98 Å². The molecule has 11 N–H and O–H groups in total. The van der Waals surface area contributed by atoms with Gasteiger partial charge in [-0.1, -0.05) is 36.4 Å². The van der Waals surface area contributed by atoms with E-state index in [1.165, 1.54) is 0 Å². The number of nitrogens with zero attached hydrogens (tertiary/aromatic N) is 2. The summed E-state index contributed by atoms with van der Waals surface area (Å²) in [5.74, 6) is -0.302. The molecular formula is C18H19N9. The summed E-state index contributed by atoms with van der Waals surface area (Å²) in [5, 5.41) is 15.4. The molecule has 2 aromatic carbocycles. The van der Waals surface area contributed by atoms with Gasteiger partial charge in [0.2, 0.25) is 11.9 Å². The van der Waals surface area contributed by atoms with Crippen LogP contribution in [-0.4, -0.2) is 28.6 Å². The lowest BCUT2D eigenvalue weighted by molar-refractivity contribution is 1.36. The lowest BCUT2D eigenvalue weighted by Crippen LogP contribution is -2.18. The van der Waals surface area contributed by atoms with Crippen LogP contribution in [0.3, 0.4) is 0 Å². The molecule has 0 aliphatic carbocycles. The van der Waals surface area contributed by atoms with Gasteiger partial charge in [0.1, 0.15) is 11.7 Å². The topological polar surface area (TPSA) is 192 Å². The SMILES string of the molecule is N=C(N)/N=C(\N)c1ccc(-c2cc3ccc(/C(N)=N/C(=N)N)cc3[nH]2)cc1. The molecule has 0 spiro atoms. The molecule has 1 aromatic heterocycles. The number of hydrogen-bond acceptors (Lipinski definition) is 2. The van der Waals surface area contributed by atoms with Gasteiger partial charge >= 0.3 is 0 Å². The maximum atomic E-state index is 7.20. The van der Waals surface area contributed by atoms with E-state index in [0.717, 1.165) is 22.2 Å². The largest absolute Gasteiger partial charge is 0.383 e. The Balaban J connectivity index is 1.93. The first kappa shape index (κ1) is 17.7. The Kier molecular flexibility index (Phi) is 4.58. The van der Waals surface area contributed by atoms with Gasteiger partial charge in [-0.15, -0.1) is 0 Å². The van der Waals surface area contributed by atoms with E-state index in [-0.39, 0.29) is 23.6 Å². The Bertz CT molecular complexity index is 1090. The molecule has 0 radical (unpaired) electrons. The highest BCUT2D eigenvalue weighted by Gasteiger charge is 2.07. The standard InChI is InChI=1S/C18H19N9/c19-15(26-17(21)22)10-3-1-9(2-4-10)13-7-11-5-6-12(8-14(11)25-13)16(20)27-18(23)24/h1-8,25H,(H5,19,21,22,26)(H5,20,23,24,27). The number of H-pyrrole nitrogens is 1. The van der Waals surface area contributed by atoms with E-state index in [1.807, 2.05) is 48.5 Å². The molecule has 0 aliphatic heterocycles. The molecule has 0 amide bonds. The normalized spacial score (nSPS) is 12.3. The minimum atomic E-state index is -0.340. The zero-order valence-electron chi connectivity index (χ0n) is 14.3. The third-order valence-corrected chi connectivity index (χ3v) is 3.89. The molecule has 0 unspecified atom stereocenters. The van der Waals surface area contributed by atoms with Crippen LogP contribution in [0.1, 0.15) is 11.1 Å². The Morgan fingerprint density at radius 2 is 1.30 bits per heavy atom. The minimum Gasteiger partial charge on any atom is -0.383 e. The van der Waals surface area contributed by atoms with E-state index in [0.29, 0.717) is 11.1 Å². The highest BCUT2D eigenvalue weighted by atomic mass is 15.0. The van der Waals surface area contributed by atoms with Crippen molar-refractivity contribution in [1.29, 1.82) is 10.8 Å². The molecule has 3 rings (SSSR count). The number of fused-ring (bicyclic) bond motifs is 1. The van der Waals surface area contributed by atoms with Crippen molar-refractivity contribution in [2.75, 3.05) is 0 Å². The van der Waals surface area contributed by atoms with E-state index in [2.05, 4.69) is 15.0 Å². The predicted octanol–water partition coefficient (Wildman–Crippen LogP) is 1.03. The summed E-state index contributed by atoms with van der Waals surface area (Å²) in [6.07, 6.45) is 0. The van der Waals surface area contributed by atoms with E-state index in [1.54, 1.807) is 0 Å². The first-order valence-electron chi connectivity index (χ1n) is 7.94. The van der Waals surface area contributed by atoms with Crippen LogP contribution in [0.5, 0.6) is 0 Å². The number of aromatic nitrogens is 1. The van der Waals surface area contributed by atoms with Gasteiger partial charge < -0.3 is 27.9 Å². The number of nitrogens with one attached hydrogen (secondary N) is 3. The van der Waals surface area contributed by atoms with Crippen LogP contribution >= 0.6 is 0 Å². The number of benzene rings is 2. The van der Waals surface area contributed by atoms with Crippen molar-refractivity contribution in [3.8, 4) is 11.3 Å². The van der Waals surface area contributed by atoms with Gasteiger partial charge in [-0.05, 0) is 17.7 Å². The summed E-state index contributed by atoms with van der Waals surface area (Å²) < 4.78 is 0. The van der Waals surface area contributed by atoms with E-state index < -0.39 is 0 Å². The number of nitrogens with two attached hydrogens (primary N) is 4. The molecule has 9 heteroatoms. The Morgan fingerprint density at radius 3 is 1.89 bits per heavy atom. The monoisotopic (exact) mass is 361 g/mol. The third kappa shape index (κ3) is 3.93. The molecule has 0 bridgehead atoms. The second-order valence-corrected chi connectivity index (χ2v) is 5.83. The second kappa shape index (κ2) is 7.00. The molecule has 3 aromatic rings. The molecule has 0 saturated carbocycles. The van der Waals surface area contributed by atoms with Crippen molar-refractivity contribution < 1.29 is 0 Å². The highest BCUT2D eigenvalue weighted by molar-refractivity contribution is 6.06. The van der Waals surface area contributed by atoms with E-state index in [9.17, 15) is 0 Å². The van der Waals surface area contributed by atoms with Crippen molar-refractivity contribution in [3.63, 3.8) is 0 Å². The fourth-order valence-corrected chi connectivity index (χ4v) is 2.65. The molecule has 0 fully saturated rings. The number of aromatic amines is 1. The maximum Gasteiger partial charge on any atom is 0.214 e. The summed E-state index contributed by atoms with van der Waals surface area (Å²) in [7, 11) is 0. The number of guanidine groups is 2. The first-order chi connectivity index (χ1) is 12.8. The summed E-state index contributed by atoms with van der Waals surface area (Å²) in [5.41, 5.74) is 26.2. The molecule has 1 heterocycles. The molecule has 9 nitrogen and oxygen atoms in total. The summed E-state index contributed by atoms with van der Waals surface area (Å²) in [6.45, 7) is 0. The van der Waals surface area contributed by atoms with Crippen LogP contribution in [0.2, 0.25) is 0 Å². The fraction of sp³-hybridized carbons (Fsp3) is 0. The van der Waals surface area contributed by atoms with Gasteiger partial charge in [0.15, 0.2) is 0 Å². The summed E-state index contributed by atoms with van der Waals surface area (Å²) in [4.78, 5) is 10.8. The van der Waals surface area contributed by atoms with Gasteiger partial charge in [0.25, 0.3) is 0 Å². The molecule has 136 valence electrons. The number of hydrogen-bond donors (Lipinski definition) is 7. The zero-order chi connectivity index (χ0) is 19.6. The smallest absolute Gasteiger partial charge is 0.214 e. The predicted molar refractivity (Wildman–Crippen MR) is 109 cm³/mol. The van der Waals surface area contributed by atoms with Crippen molar-refractivity contribution in [3.05, 3.63) is 59.7 Å². The number of aliphatic imine (C=N–C) groups is 2. The van der Waals surface area contributed by atoms with Crippen LogP contribution in [-0.2, 0) is 0 Å². The average molecular weight is 361 g/mol. The lowest BCUT2D eigenvalue weighted by atomic mass is 10.1. The molecule has 27 heavy (non-hydrogen) atoms. The van der Waals surface area contributed by atoms with E-state index in [4.69, 9.17) is 33.8 Å². The Labute approximate surface area is 154 Å². The van der Waals surface area contributed by atoms with Crippen molar-refractivity contribution >= 4 is 34.5 Å². The summed E-state index contributed by atoms with van der Waals surface area (Å²) in [6, 6.07) is 15.0. The van der Waals surface area contributed by atoms with Crippen molar-refractivity contribution in [2.24, 2.45) is 32.9 Å². The second-order valence-electron chi connectivity index (χ2n) is 5.83. The molecule has 0 atom stereocenters. The van der Waals surface area contributed by atoms with Gasteiger partial charge in [0.05, 0.1) is 0 Å². The van der Waals surface area contributed by atoms with Crippen LogP contribution in [0.15, 0.2) is 58.5 Å². The molecule has 0 aliphatic rings. The highest BCUT2D eigenvalue weighted by Crippen LogP contribution is 2.25. The van der Waals surface area contributed by atoms with Gasteiger partial charge in [-0.2, -0.15) is 9.98 Å². The lowest BCUT2D eigenvalue weighted by Gasteiger charge is -2.02. The van der Waals surface area contributed by atoms with Crippen LogP contribution in [0, 0.1) is 10.8 Å².